The Kier molecular flexibility index (Phi) is 6.42. The molecule has 1 heterocycles. The average Bonchev–Trinajstić information content (AvgIpc) is 3.14. The van der Waals surface area contributed by atoms with Crippen molar-refractivity contribution in [2.45, 2.75) is 20.3 Å². The van der Waals surface area contributed by atoms with Crippen LogP contribution in [0.2, 0.25) is 0 Å². The van der Waals surface area contributed by atoms with Gasteiger partial charge in [0, 0.05) is 22.8 Å². The summed E-state index contributed by atoms with van der Waals surface area (Å²) < 4.78 is 5.09. The van der Waals surface area contributed by atoms with E-state index in [0.717, 1.165) is 11.4 Å². The maximum absolute atomic E-state index is 12.2. The average molecular weight is 390 g/mol. The Morgan fingerprint density at radius 1 is 0.931 bits per heavy atom. The number of furan rings is 1. The van der Waals surface area contributed by atoms with Gasteiger partial charge < -0.3 is 15.1 Å². The molecule has 3 aromatic rings. The monoisotopic (exact) mass is 390 g/mol. The lowest BCUT2D eigenvalue weighted by atomic mass is 10.2. The Labute approximate surface area is 168 Å². The smallest absolute Gasteiger partial charge is 0.274 e. The van der Waals surface area contributed by atoms with Crippen molar-refractivity contribution in [3.8, 4) is 0 Å². The number of para-hydroxylation sites is 1. The fraction of sp³-hybridized carbons (Fsp3) is 0.136. The van der Waals surface area contributed by atoms with Gasteiger partial charge in [0.15, 0.2) is 0 Å². The number of carbonyl (C=O) groups is 2. The van der Waals surface area contributed by atoms with E-state index in [0.29, 0.717) is 22.7 Å². The van der Waals surface area contributed by atoms with Gasteiger partial charge in [0.2, 0.25) is 5.91 Å². The van der Waals surface area contributed by atoms with E-state index in [9.17, 15) is 9.59 Å². The first-order valence-corrected chi connectivity index (χ1v) is 9.11. The summed E-state index contributed by atoms with van der Waals surface area (Å²) in [7, 11) is 0. The lowest BCUT2D eigenvalue weighted by Gasteiger charge is -2.09. The highest BCUT2D eigenvalue weighted by Crippen LogP contribution is 2.18. The summed E-state index contributed by atoms with van der Waals surface area (Å²) in [4.78, 5) is 24.2. The highest BCUT2D eigenvalue weighted by molar-refractivity contribution is 6.06. The minimum atomic E-state index is -0.377. The number of amides is 2. The molecule has 0 fully saturated rings. The van der Waals surface area contributed by atoms with E-state index in [1.807, 2.05) is 54.6 Å². The van der Waals surface area contributed by atoms with E-state index in [2.05, 4.69) is 21.2 Å². The molecule has 148 valence electrons. The van der Waals surface area contributed by atoms with Crippen LogP contribution in [0.25, 0.3) is 0 Å². The number of anilines is 3. The summed E-state index contributed by atoms with van der Waals surface area (Å²) >= 11 is 0. The third-order valence-electron chi connectivity index (χ3n) is 4.10. The van der Waals surface area contributed by atoms with Crippen molar-refractivity contribution < 1.29 is 14.0 Å². The molecule has 7 nitrogen and oxygen atoms in total. The third-order valence-corrected chi connectivity index (χ3v) is 4.10. The van der Waals surface area contributed by atoms with Crippen LogP contribution >= 0.6 is 0 Å². The Morgan fingerprint density at radius 2 is 1.59 bits per heavy atom. The molecule has 0 atom stereocenters. The summed E-state index contributed by atoms with van der Waals surface area (Å²) in [6.07, 6.45) is 1.50. The molecule has 3 rings (SSSR count). The summed E-state index contributed by atoms with van der Waals surface area (Å²) in [5.74, 6) is -0.0837. The van der Waals surface area contributed by atoms with Gasteiger partial charge in [0.1, 0.15) is 5.76 Å². The second-order valence-electron chi connectivity index (χ2n) is 6.47. The fourth-order valence-electron chi connectivity index (χ4n) is 2.63. The van der Waals surface area contributed by atoms with Crippen molar-refractivity contribution >= 4 is 34.6 Å². The maximum Gasteiger partial charge on any atom is 0.274 e. The molecule has 0 saturated carbocycles. The van der Waals surface area contributed by atoms with Gasteiger partial charge in [0.25, 0.3) is 5.91 Å². The second-order valence-corrected chi connectivity index (χ2v) is 6.47. The van der Waals surface area contributed by atoms with Crippen molar-refractivity contribution in [2.24, 2.45) is 5.10 Å². The molecule has 0 unspecified atom stereocenters. The molecule has 2 amide bonds. The van der Waals surface area contributed by atoms with Gasteiger partial charge in [-0.3, -0.25) is 9.59 Å². The first-order chi connectivity index (χ1) is 14.0. The first kappa shape index (κ1) is 19.9. The molecule has 0 aliphatic heterocycles. The largest absolute Gasteiger partial charge is 0.469 e. The molecule has 0 spiro atoms. The SMILES string of the molecule is C/C(CC(=O)Nc1ccc(Nc2ccccc2)cc1)=N/NC(=O)c1ccoc1C. The van der Waals surface area contributed by atoms with E-state index in [-0.39, 0.29) is 18.2 Å². The maximum atomic E-state index is 12.2. The minimum absolute atomic E-state index is 0.0642. The molecule has 0 radical (unpaired) electrons. The Morgan fingerprint density at radius 3 is 2.24 bits per heavy atom. The minimum Gasteiger partial charge on any atom is -0.469 e. The molecule has 0 saturated heterocycles. The number of hydrogen-bond acceptors (Lipinski definition) is 5. The van der Waals surface area contributed by atoms with Crippen molar-refractivity contribution in [1.82, 2.24) is 5.43 Å². The Balaban J connectivity index is 1.49. The number of benzene rings is 2. The molecular weight excluding hydrogens is 368 g/mol. The zero-order valence-corrected chi connectivity index (χ0v) is 16.2. The van der Waals surface area contributed by atoms with Crippen LogP contribution in [-0.4, -0.2) is 17.5 Å². The van der Waals surface area contributed by atoms with Crippen LogP contribution in [0.15, 0.2) is 76.4 Å². The normalized spacial score (nSPS) is 11.0. The van der Waals surface area contributed by atoms with Crippen molar-refractivity contribution in [3.05, 3.63) is 78.3 Å². The van der Waals surface area contributed by atoms with Gasteiger partial charge in [-0.15, -0.1) is 0 Å². The highest BCUT2D eigenvalue weighted by Gasteiger charge is 2.11. The zero-order chi connectivity index (χ0) is 20.6. The summed E-state index contributed by atoms with van der Waals surface area (Å²) in [5, 5.41) is 10.1. The number of carbonyl (C=O) groups excluding carboxylic acids is 2. The second kappa shape index (κ2) is 9.36. The molecule has 3 N–H and O–H groups in total. The molecular formula is C22H22N4O3. The zero-order valence-electron chi connectivity index (χ0n) is 16.2. The summed E-state index contributed by atoms with van der Waals surface area (Å²) in [6, 6.07) is 18.8. The highest BCUT2D eigenvalue weighted by atomic mass is 16.3. The van der Waals surface area contributed by atoms with E-state index in [1.165, 1.54) is 6.26 Å². The topological polar surface area (TPSA) is 95.7 Å². The van der Waals surface area contributed by atoms with Gasteiger partial charge in [-0.05, 0) is 56.3 Å². The predicted octanol–water partition coefficient (Wildman–Crippen LogP) is 4.47. The molecule has 0 aliphatic rings. The molecule has 29 heavy (non-hydrogen) atoms. The number of nitrogens with zero attached hydrogens (tertiary/aromatic N) is 1. The standard InChI is InChI=1S/C22H22N4O3/c1-15(25-26-22(28)20-12-13-29-16(20)2)14-21(27)24-19-10-8-18(9-11-19)23-17-6-4-3-5-7-17/h3-13,23H,14H2,1-2H3,(H,24,27)(H,26,28)/b25-15-. The van der Waals surface area contributed by atoms with Gasteiger partial charge in [-0.25, -0.2) is 5.43 Å². The fourth-order valence-corrected chi connectivity index (χ4v) is 2.63. The van der Waals surface area contributed by atoms with E-state index in [4.69, 9.17) is 4.42 Å². The van der Waals surface area contributed by atoms with Crippen LogP contribution in [0.5, 0.6) is 0 Å². The van der Waals surface area contributed by atoms with Gasteiger partial charge in [-0.1, -0.05) is 18.2 Å². The number of rotatable bonds is 7. The van der Waals surface area contributed by atoms with Crippen LogP contribution in [-0.2, 0) is 4.79 Å². The third kappa shape index (κ3) is 5.80. The molecule has 0 aliphatic carbocycles. The lowest BCUT2D eigenvalue weighted by molar-refractivity contribution is -0.115. The van der Waals surface area contributed by atoms with Crippen LogP contribution < -0.4 is 16.1 Å². The van der Waals surface area contributed by atoms with Gasteiger partial charge in [0.05, 0.1) is 18.2 Å². The first-order valence-electron chi connectivity index (χ1n) is 9.11. The molecule has 2 aromatic carbocycles. The predicted molar refractivity (Wildman–Crippen MR) is 113 cm³/mol. The number of hydrogen-bond donors (Lipinski definition) is 3. The molecule has 1 aromatic heterocycles. The van der Waals surface area contributed by atoms with E-state index in [1.54, 1.807) is 19.9 Å². The van der Waals surface area contributed by atoms with Crippen LogP contribution in [0.4, 0.5) is 17.1 Å². The van der Waals surface area contributed by atoms with Gasteiger partial charge >= 0.3 is 0 Å². The summed E-state index contributed by atoms with van der Waals surface area (Å²) in [6.45, 7) is 3.37. The number of hydrazone groups is 1. The Hall–Kier alpha value is -3.87. The van der Waals surface area contributed by atoms with Crippen molar-refractivity contribution in [3.63, 3.8) is 0 Å². The van der Waals surface area contributed by atoms with Gasteiger partial charge in [-0.2, -0.15) is 5.10 Å². The summed E-state index contributed by atoms with van der Waals surface area (Å²) in [5.41, 5.74) is 5.91. The van der Waals surface area contributed by atoms with E-state index < -0.39 is 0 Å². The lowest BCUT2D eigenvalue weighted by Crippen LogP contribution is -2.21. The van der Waals surface area contributed by atoms with Crippen molar-refractivity contribution in [1.29, 1.82) is 0 Å². The van der Waals surface area contributed by atoms with Crippen molar-refractivity contribution in [2.75, 3.05) is 10.6 Å². The number of aryl methyl sites for hydroxylation is 1. The van der Waals surface area contributed by atoms with E-state index >= 15 is 0 Å². The van der Waals surface area contributed by atoms with Crippen LogP contribution in [0.1, 0.15) is 29.5 Å². The quantitative estimate of drug-likeness (QED) is 0.410. The van der Waals surface area contributed by atoms with Crippen LogP contribution in [0, 0.1) is 6.92 Å². The van der Waals surface area contributed by atoms with Crippen LogP contribution in [0.3, 0.4) is 0 Å². The Bertz CT molecular complexity index is 1010. The molecule has 0 bridgehead atoms. The molecule has 7 heteroatoms. The number of nitrogens with one attached hydrogen (secondary N) is 3.